The molecular weight excluding hydrogens is 306 g/mol. The predicted octanol–water partition coefficient (Wildman–Crippen LogP) is 2.88. The number of hydrogen-bond donors (Lipinski definition) is 1. The van der Waals surface area contributed by atoms with Crippen molar-refractivity contribution in [2.75, 3.05) is 19.7 Å². The Hall–Kier alpha value is -0.390. The van der Waals surface area contributed by atoms with Gasteiger partial charge in [-0.1, -0.05) is 0 Å². The monoisotopic (exact) mass is 329 g/mol. The van der Waals surface area contributed by atoms with Crippen LogP contribution in [0.15, 0.2) is 4.47 Å². The number of aromatic nitrogens is 2. The minimum Gasteiger partial charge on any atom is -0.375 e. The molecule has 0 amide bonds. The van der Waals surface area contributed by atoms with E-state index in [1.54, 1.807) is 0 Å². The van der Waals surface area contributed by atoms with Gasteiger partial charge in [-0.15, -0.1) is 0 Å². The van der Waals surface area contributed by atoms with Crippen LogP contribution in [0.4, 0.5) is 0 Å². The van der Waals surface area contributed by atoms with Gasteiger partial charge in [-0.3, -0.25) is 4.68 Å². The van der Waals surface area contributed by atoms with Crippen LogP contribution in [-0.4, -0.2) is 29.5 Å². The molecule has 0 aromatic carbocycles. The van der Waals surface area contributed by atoms with Crippen molar-refractivity contribution in [2.45, 2.75) is 46.3 Å². The summed E-state index contributed by atoms with van der Waals surface area (Å²) in [6.07, 6.45) is 3.80. The van der Waals surface area contributed by atoms with Crippen LogP contribution < -0.4 is 5.32 Å². The molecule has 0 spiro atoms. The molecule has 4 nitrogen and oxygen atoms in total. The Bertz CT molecular complexity index is 400. The van der Waals surface area contributed by atoms with Gasteiger partial charge in [0.2, 0.25) is 0 Å². The van der Waals surface area contributed by atoms with Crippen LogP contribution in [0.2, 0.25) is 0 Å². The fourth-order valence-electron chi connectivity index (χ4n) is 2.60. The minimum atomic E-state index is 0.648. The molecule has 1 N–H and O–H groups in total. The van der Waals surface area contributed by atoms with E-state index in [1.165, 1.54) is 19.4 Å². The largest absolute Gasteiger partial charge is 0.375 e. The first-order valence-corrected chi connectivity index (χ1v) is 8.02. The van der Waals surface area contributed by atoms with Gasteiger partial charge >= 0.3 is 0 Å². The molecule has 5 heteroatoms. The predicted molar refractivity (Wildman–Crippen MR) is 80.2 cm³/mol. The summed E-state index contributed by atoms with van der Waals surface area (Å²) in [5.74, 6) is 0.787. The van der Waals surface area contributed by atoms with Crippen LogP contribution in [-0.2, 0) is 17.9 Å². The zero-order valence-electron chi connectivity index (χ0n) is 11.9. The summed E-state index contributed by atoms with van der Waals surface area (Å²) in [5, 5.41) is 7.92. The molecule has 1 aromatic rings. The molecule has 1 aliphatic heterocycles. The Morgan fingerprint density at radius 3 is 3.05 bits per heavy atom. The van der Waals surface area contributed by atoms with E-state index in [9.17, 15) is 0 Å². The number of nitrogens with zero attached hydrogens (tertiary/aromatic N) is 2. The molecule has 1 atom stereocenters. The van der Waals surface area contributed by atoms with E-state index >= 15 is 0 Å². The maximum absolute atomic E-state index is 5.84. The topological polar surface area (TPSA) is 39.1 Å². The molecular formula is C14H24BrN3O. The highest BCUT2D eigenvalue weighted by atomic mass is 79.9. The van der Waals surface area contributed by atoms with Crippen LogP contribution >= 0.6 is 15.9 Å². The van der Waals surface area contributed by atoms with E-state index in [0.717, 1.165) is 47.9 Å². The van der Waals surface area contributed by atoms with Crippen LogP contribution in [0.1, 0.15) is 37.6 Å². The molecule has 108 valence electrons. The summed E-state index contributed by atoms with van der Waals surface area (Å²) in [5.41, 5.74) is 2.19. The molecule has 1 aliphatic rings. The smallest absolute Gasteiger partial charge is 0.0896 e. The second kappa shape index (κ2) is 7.41. The van der Waals surface area contributed by atoms with Gasteiger partial charge in [-0.05, 0) is 68.0 Å². The molecule has 1 fully saturated rings. The van der Waals surface area contributed by atoms with Crippen molar-refractivity contribution in [3.63, 3.8) is 0 Å². The molecule has 2 heterocycles. The van der Waals surface area contributed by atoms with Gasteiger partial charge in [0.05, 0.1) is 22.5 Å². The van der Waals surface area contributed by atoms with Crippen molar-refractivity contribution in [1.29, 1.82) is 0 Å². The van der Waals surface area contributed by atoms with Crippen LogP contribution in [0.5, 0.6) is 0 Å². The lowest BCUT2D eigenvalue weighted by molar-refractivity contribution is 0.0980. The third kappa shape index (κ3) is 4.04. The summed E-state index contributed by atoms with van der Waals surface area (Å²) < 4.78 is 8.95. The molecule has 19 heavy (non-hydrogen) atoms. The van der Waals surface area contributed by atoms with Crippen molar-refractivity contribution in [1.82, 2.24) is 15.1 Å². The van der Waals surface area contributed by atoms with E-state index in [1.807, 2.05) is 11.6 Å². The Morgan fingerprint density at radius 2 is 2.37 bits per heavy atom. The van der Waals surface area contributed by atoms with Crippen molar-refractivity contribution < 1.29 is 4.74 Å². The summed E-state index contributed by atoms with van der Waals surface area (Å²) in [6.45, 7) is 8.83. The molecule has 1 unspecified atom stereocenters. The van der Waals surface area contributed by atoms with Crippen LogP contribution in [0.3, 0.4) is 0 Å². The van der Waals surface area contributed by atoms with Gasteiger partial charge in [-0.2, -0.15) is 5.10 Å². The van der Waals surface area contributed by atoms with Crippen molar-refractivity contribution in [3.05, 3.63) is 15.9 Å². The summed E-state index contributed by atoms with van der Waals surface area (Å²) in [6, 6.07) is 0. The maximum atomic E-state index is 5.84. The number of halogens is 1. The molecule has 1 aromatic heterocycles. The standard InChI is InChI=1S/C14H24BrN3O/c1-3-18-13(14(15)11(2)17-18)10-19-8-6-12-5-4-7-16-9-12/h12,16H,3-10H2,1-2H3. The summed E-state index contributed by atoms with van der Waals surface area (Å²) in [4.78, 5) is 0. The second-order valence-corrected chi connectivity index (χ2v) is 6.01. The van der Waals surface area contributed by atoms with Crippen LogP contribution in [0.25, 0.3) is 0 Å². The number of piperidine rings is 1. The first-order chi connectivity index (χ1) is 9.22. The first-order valence-electron chi connectivity index (χ1n) is 7.22. The second-order valence-electron chi connectivity index (χ2n) is 5.22. The zero-order chi connectivity index (χ0) is 13.7. The van der Waals surface area contributed by atoms with Gasteiger partial charge in [0, 0.05) is 13.2 Å². The van der Waals surface area contributed by atoms with E-state index in [4.69, 9.17) is 4.74 Å². The average Bonchev–Trinajstić information content (AvgIpc) is 2.72. The van der Waals surface area contributed by atoms with Gasteiger partial charge in [0.15, 0.2) is 0 Å². The minimum absolute atomic E-state index is 0.648. The first kappa shape index (κ1) is 15.0. The fourth-order valence-corrected chi connectivity index (χ4v) is 2.99. The lowest BCUT2D eigenvalue weighted by Crippen LogP contribution is -2.30. The Kier molecular flexibility index (Phi) is 5.85. The van der Waals surface area contributed by atoms with Gasteiger partial charge in [-0.25, -0.2) is 0 Å². The lowest BCUT2D eigenvalue weighted by atomic mass is 9.97. The highest BCUT2D eigenvalue weighted by Gasteiger charge is 2.14. The third-order valence-corrected chi connectivity index (χ3v) is 4.79. The Morgan fingerprint density at radius 1 is 1.53 bits per heavy atom. The molecule has 2 rings (SSSR count). The number of hydrogen-bond acceptors (Lipinski definition) is 3. The molecule has 0 radical (unpaired) electrons. The fraction of sp³-hybridized carbons (Fsp3) is 0.786. The average molecular weight is 330 g/mol. The number of rotatable bonds is 6. The molecule has 1 saturated heterocycles. The van der Waals surface area contributed by atoms with Gasteiger partial charge in [0.25, 0.3) is 0 Å². The van der Waals surface area contributed by atoms with Gasteiger partial charge < -0.3 is 10.1 Å². The van der Waals surface area contributed by atoms with Crippen molar-refractivity contribution in [3.8, 4) is 0 Å². The highest BCUT2D eigenvalue weighted by Crippen LogP contribution is 2.22. The number of ether oxygens (including phenoxy) is 1. The molecule has 0 bridgehead atoms. The summed E-state index contributed by atoms with van der Waals surface area (Å²) >= 11 is 3.60. The van der Waals surface area contributed by atoms with E-state index in [-0.39, 0.29) is 0 Å². The Balaban J connectivity index is 1.76. The zero-order valence-corrected chi connectivity index (χ0v) is 13.5. The lowest BCUT2D eigenvalue weighted by Gasteiger charge is -2.22. The van der Waals surface area contributed by atoms with Crippen molar-refractivity contribution >= 4 is 15.9 Å². The van der Waals surface area contributed by atoms with E-state index in [2.05, 4.69) is 33.3 Å². The van der Waals surface area contributed by atoms with E-state index in [0.29, 0.717) is 6.61 Å². The Labute approximate surface area is 124 Å². The molecule has 0 aliphatic carbocycles. The normalized spacial score (nSPS) is 19.8. The third-order valence-electron chi connectivity index (χ3n) is 3.76. The maximum Gasteiger partial charge on any atom is 0.0896 e. The summed E-state index contributed by atoms with van der Waals surface area (Å²) in [7, 11) is 0. The quantitative estimate of drug-likeness (QED) is 0.815. The van der Waals surface area contributed by atoms with Crippen LogP contribution in [0, 0.1) is 12.8 Å². The number of aryl methyl sites for hydroxylation is 2. The van der Waals surface area contributed by atoms with Crippen molar-refractivity contribution in [2.24, 2.45) is 5.92 Å². The van der Waals surface area contributed by atoms with Gasteiger partial charge in [0.1, 0.15) is 0 Å². The highest BCUT2D eigenvalue weighted by molar-refractivity contribution is 9.10. The molecule has 0 saturated carbocycles. The SMILES string of the molecule is CCn1nc(C)c(Br)c1COCCC1CCCNC1. The van der Waals surface area contributed by atoms with E-state index < -0.39 is 0 Å². The number of nitrogens with one attached hydrogen (secondary N) is 1.